The van der Waals surface area contributed by atoms with Crippen LogP contribution >= 0.6 is 0 Å². The third-order valence-corrected chi connectivity index (χ3v) is 2.14. The molecule has 16 heavy (non-hydrogen) atoms. The standard InChI is InChI=1S/C10H19N5O/c1-4-8-12-9(14-13-8)10(16)11-6-5-7-15(2)3/h4-7H2,1-3H3,(H,11,16)(H,12,13,14). The average molecular weight is 225 g/mol. The van der Waals surface area contributed by atoms with Crippen molar-refractivity contribution >= 4 is 5.91 Å². The molecule has 0 aliphatic heterocycles. The minimum absolute atomic E-state index is 0.213. The molecule has 0 aliphatic rings. The van der Waals surface area contributed by atoms with E-state index in [0.29, 0.717) is 6.54 Å². The van der Waals surface area contributed by atoms with E-state index in [-0.39, 0.29) is 11.7 Å². The molecule has 0 atom stereocenters. The summed E-state index contributed by atoms with van der Waals surface area (Å²) in [7, 11) is 4.01. The first-order chi connectivity index (χ1) is 7.63. The van der Waals surface area contributed by atoms with Gasteiger partial charge in [0, 0.05) is 13.0 Å². The summed E-state index contributed by atoms with van der Waals surface area (Å²) in [6, 6.07) is 0. The topological polar surface area (TPSA) is 73.9 Å². The van der Waals surface area contributed by atoms with Crippen LogP contribution in [0.2, 0.25) is 0 Å². The van der Waals surface area contributed by atoms with Gasteiger partial charge < -0.3 is 10.2 Å². The Morgan fingerprint density at radius 1 is 1.50 bits per heavy atom. The van der Waals surface area contributed by atoms with Crippen molar-refractivity contribution in [3.05, 3.63) is 11.6 Å². The quantitative estimate of drug-likeness (QED) is 0.671. The van der Waals surface area contributed by atoms with Crippen molar-refractivity contribution in [1.29, 1.82) is 0 Å². The molecule has 1 amide bonds. The highest BCUT2D eigenvalue weighted by atomic mass is 16.2. The smallest absolute Gasteiger partial charge is 0.290 e. The molecule has 0 aromatic carbocycles. The van der Waals surface area contributed by atoms with Gasteiger partial charge in [0.05, 0.1) is 0 Å². The molecule has 0 bridgehead atoms. The SMILES string of the molecule is CCc1nc(C(=O)NCCCN(C)C)n[nH]1. The molecule has 0 spiro atoms. The molecule has 1 heterocycles. The molecule has 6 heteroatoms. The van der Waals surface area contributed by atoms with Crippen LogP contribution in [0.4, 0.5) is 0 Å². The molecular weight excluding hydrogens is 206 g/mol. The number of amides is 1. The van der Waals surface area contributed by atoms with Gasteiger partial charge in [0.15, 0.2) is 0 Å². The van der Waals surface area contributed by atoms with E-state index in [4.69, 9.17) is 0 Å². The van der Waals surface area contributed by atoms with Gasteiger partial charge in [0.25, 0.3) is 5.91 Å². The number of nitrogens with one attached hydrogen (secondary N) is 2. The third kappa shape index (κ3) is 3.98. The summed E-state index contributed by atoms with van der Waals surface area (Å²) >= 11 is 0. The molecule has 0 saturated carbocycles. The van der Waals surface area contributed by atoms with Gasteiger partial charge in [-0.3, -0.25) is 9.89 Å². The highest BCUT2D eigenvalue weighted by Crippen LogP contribution is 1.93. The summed E-state index contributed by atoms with van der Waals surface area (Å²) < 4.78 is 0. The zero-order valence-electron chi connectivity index (χ0n) is 10.1. The molecule has 90 valence electrons. The van der Waals surface area contributed by atoms with Crippen LogP contribution in [-0.2, 0) is 6.42 Å². The van der Waals surface area contributed by atoms with Crippen molar-refractivity contribution < 1.29 is 4.79 Å². The van der Waals surface area contributed by atoms with Crippen molar-refractivity contribution in [1.82, 2.24) is 25.4 Å². The summed E-state index contributed by atoms with van der Waals surface area (Å²) in [4.78, 5) is 17.7. The fraction of sp³-hybridized carbons (Fsp3) is 0.700. The highest BCUT2D eigenvalue weighted by Gasteiger charge is 2.10. The van der Waals surface area contributed by atoms with Crippen LogP contribution < -0.4 is 5.32 Å². The normalized spacial score (nSPS) is 10.8. The Morgan fingerprint density at radius 2 is 2.25 bits per heavy atom. The van der Waals surface area contributed by atoms with Crippen LogP contribution in [0.25, 0.3) is 0 Å². The van der Waals surface area contributed by atoms with Crippen LogP contribution in [0, 0.1) is 0 Å². The van der Waals surface area contributed by atoms with E-state index >= 15 is 0 Å². The number of H-pyrrole nitrogens is 1. The number of carbonyl (C=O) groups excluding carboxylic acids is 1. The predicted octanol–water partition coefficient (Wildman–Crippen LogP) is 0.0486. The monoisotopic (exact) mass is 225 g/mol. The number of hydrogen-bond acceptors (Lipinski definition) is 4. The minimum atomic E-state index is -0.213. The van der Waals surface area contributed by atoms with Crippen LogP contribution in [0.5, 0.6) is 0 Å². The Kier molecular flexibility index (Phi) is 4.91. The van der Waals surface area contributed by atoms with Crippen LogP contribution in [0.15, 0.2) is 0 Å². The number of rotatable bonds is 6. The van der Waals surface area contributed by atoms with Crippen molar-refractivity contribution in [2.24, 2.45) is 0 Å². The number of nitrogens with zero attached hydrogens (tertiary/aromatic N) is 3. The molecule has 0 radical (unpaired) electrons. The summed E-state index contributed by atoms with van der Waals surface area (Å²) in [6.45, 7) is 3.56. The Bertz CT molecular complexity index is 334. The predicted molar refractivity (Wildman–Crippen MR) is 61.3 cm³/mol. The number of aromatic amines is 1. The van der Waals surface area contributed by atoms with Gasteiger partial charge in [-0.05, 0) is 27.1 Å². The maximum atomic E-state index is 11.5. The second kappa shape index (κ2) is 6.22. The first-order valence-electron chi connectivity index (χ1n) is 5.47. The summed E-state index contributed by atoms with van der Waals surface area (Å²) in [5.41, 5.74) is 0. The largest absolute Gasteiger partial charge is 0.349 e. The first kappa shape index (κ1) is 12.6. The van der Waals surface area contributed by atoms with E-state index in [1.807, 2.05) is 21.0 Å². The second-order valence-corrected chi connectivity index (χ2v) is 3.87. The molecular formula is C10H19N5O. The van der Waals surface area contributed by atoms with E-state index in [1.54, 1.807) is 0 Å². The van der Waals surface area contributed by atoms with Crippen molar-refractivity contribution in [3.63, 3.8) is 0 Å². The van der Waals surface area contributed by atoms with E-state index in [1.165, 1.54) is 0 Å². The molecule has 0 aliphatic carbocycles. The van der Waals surface area contributed by atoms with Crippen LogP contribution in [0.1, 0.15) is 29.8 Å². The van der Waals surface area contributed by atoms with Gasteiger partial charge in [-0.25, -0.2) is 4.98 Å². The Hall–Kier alpha value is -1.43. The highest BCUT2D eigenvalue weighted by molar-refractivity contribution is 5.90. The summed E-state index contributed by atoms with van der Waals surface area (Å²) in [5, 5.41) is 9.34. The lowest BCUT2D eigenvalue weighted by Gasteiger charge is -2.08. The van der Waals surface area contributed by atoms with Crippen LogP contribution in [0.3, 0.4) is 0 Å². The zero-order chi connectivity index (χ0) is 12.0. The summed E-state index contributed by atoms with van der Waals surface area (Å²) in [5.74, 6) is 0.745. The Balaban J connectivity index is 2.29. The molecule has 0 saturated heterocycles. The molecule has 0 unspecified atom stereocenters. The van der Waals surface area contributed by atoms with Crippen LogP contribution in [-0.4, -0.2) is 53.2 Å². The number of aromatic nitrogens is 3. The molecule has 0 fully saturated rings. The Labute approximate surface area is 95.4 Å². The Morgan fingerprint density at radius 3 is 2.81 bits per heavy atom. The van der Waals surface area contributed by atoms with Crippen molar-refractivity contribution in [2.45, 2.75) is 19.8 Å². The maximum Gasteiger partial charge on any atom is 0.290 e. The fourth-order valence-electron chi connectivity index (χ4n) is 1.23. The maximum absolute atomic E-state index is 11.5. The number of aryl methyl sites for hydroxylation is 1. The average Bonchev–Trinajstić information content (AvgIpc) is 2.72. The lowest BCUT2D eigenvalue weighted by molar-refractivity contribution is 0.0942. The van der Waals surface area contributed by atoms with Gasteiger partial charge in [-0.1, -0.05) is 6.92 Å². The number of hydrogen-bond donors (Lipinski definition) is 2. The lowest BCUT2D eigenvalue weighted by Crippen LogP contribution is -2.28. The molecule has 1 rings (SSSR count). The van der Waals surface area contributed by atoms with Gasteiger partial charge >= 0.3 is 0 Å². The van der Waals surface area contributed by atoms with Crippen molar-refractivity contribution in [3.8, 4) is 0 Å². The zero-order valence-corrected chi connectivity index (χ0v) is 10.1. The van der Waals surface area contributed by atoms with Gasteiger partial charge in [0.2, 0.25) is 5.82 Å². The summed E-state index contributed by atoms with van der Waals surface area (Å²) in [6.07, 6.45) is 1.67. The number of carbonyl (C=O) groups is 1. The minimum Gasteiger partial charge on any atom is -0.349 e. The van der Waals surface area contributed by atoms with E-state index < -0.39 is 0 Å². The second-order valence-electron chi connectivity index (χ2n) is 3.87. The molecule has 2 N–H and O–H groups in total. The van der Waals surface area contributed by atoms with Gasteiger partial charge in [-0.2, -0.15) is 0 Å². The van der Waals surface area contributed by atoms with E-state index in [2.05, 4.69) is 25.4 Å². The van der Waals surface area contributed by atoms with Gasteiger partial charge in [-0.15, -0.1) is 5.10 Å². The van der Waals surface area contributed by atoms with E-state index in [9.17, 15) is 4.79 Å². The lowest BCUT2D eigenvalue weighted by atomic mass is 10.4. The molecule has 6 nitrogen and oxygen atoms in total. The third-order valence-electron chi connectivity index (χ3n) is 2.14. The van der Waals surface area contributed by atoms with Gasteiger partial charge in [0.1, 0.15) is 5.82 Å². The first-order valence-corrected chi connectivity index (χ1v) is 5.47. The molecule has 1 aromatic heterocycles. The van der Waals surface area contributed by atoms with Crippen molar-refractivity contribution in [2.75, 3.05) is 27.2 Å². The van der Waals surface area contributed by atoms with E-state index in [0.717, 1.165) is 25.2 Å². The molecule has 1 aromatic rings. The fourth-order valence-corrected chi connectivity index (χ4v) is 1.23.